The first kappa shape index (κ1) is 10.3. The molecule has 0 aliphatic rings. The molecule has 0 amide bonds. The Labute approximate surface area is 78.3 Å². The van der Waals surface area contributed by atoms with Crippen LogP contribution in [0.4, 0.5) is 13.2 Å². The minimum Gasteiger partial charge on any atom is -0.319 e. The lowest BCUT2D eigenvalue weighted by molar-refractivity contribution is 0.116. The number of benzene rings is 1. The van der Waals surface area contributed by atoms with Crippen LogP contribution in [0.25, 0.3) is 0 Å². The van der Waals surface area contributed by atoms with Crippen LogP contribution in [0.5, 0.6) is 0 Å². The van der Waals surface area contributed by atoms with Gasteiger partial charge >= 0.3 is 0 Å². The van der Waals surface area contributed by atoms with E-state index in [9.17, 15) is 13.2 Å². The van der Waals surface area contributed by atoms with Gasteiger partial charge in [-0.1, -0.05) is 23.7 Å². The molecule has 5 heteroatoms. The second-order valence-corrected chi connectivity index (χ2v) is 2.88. The molecular weight excluding hydrogens is 203 g/mol. The van der Waals surface area contributed by atoms with Gasteiger partial charge in [-0.05, 0) is 11.6 Å². The van der Waals surface area contributed by atoms with Gasteiger partial charge in [0.1, 0.15) is 5.82 Å². The Morgan fingerprint density at radius 2 is 1.92 bits per heavy atom. The quantitative estimate of drug-likeness (QED) is 0.796. The Balaban J connectivity index is 3.07. The Hall–Kier alpha value is -0.740. The van der Waals surface area contributed by atoms with Crippen molar-refractivity contribution >= 4 is 11.6 Å². The molecule has 2 N–H and O–H groups in total. The van der Waals surface area contributed by atoms with E-state index in [1.807, 2.05) is 0 Å². The molecule has 1 rings (SSSR count). The lowest BCUT2D eigenvalue weighted by atomic mass is 10.1. The van der Waals surface area contributed by atoms with Gasteiger partial charge in [0.2, 0.25) is 0 Å². The van der Waals surface area contributed by atoms with Crippen molar-refractivity contribution in [3.63, 3.8) is 0 Å². The maximum absolute atomic E-state index is 12.8. The Bertz CT molecular complexity index is 303. The fourth-order valence-electron chi connectivity index (χ4n) is 0.914. The van der Waals surface area contributed by atoms with E-state index in [4.69, 9.17) is 17.3 Å². The molecule has 0 aromatic heterocycles. The van der Waals surface area contributed by atoms with Crippen LogP contribution in [-0.4, -0.2) is 6.43 Å². The molecule has 0 saturated heterocycles. The molecule has 0 spiro atoms. The second-order valence-electron chi connectivity index (χ2n) is 2.50. The number of alkyl halides is 2. The molecule has 1 aromatic carbocycles. The zero-order chi connectivity index (χ0) is 10.0. The number of hydrogen-bond donors (Lipinski definition) is 1. The van der Waals surface area contributed by atoms with Crippen molar-refractivity contribution in [2.75, 3.05) is 0 Å². The summed E-state index contributed by atoms with van der Waals surface area (Å²) in [6.45, 7) is 0. The number of nitrogens with two attached hydrogens (primary N) is 1. The molecule has 0 heterocycles. The van der Waals surface area contributed by atoms with Crippen molar-refractivity contribution in [3.8, 4) is 0 Å². The fraction of sp³-hybridized carbons (Fsp3) is 0.250. The third-order valence-electron chi connectivity index (χ3n) is 1.61. The van der Waals surface area contributed by atoms with E-state index in [-0.39, 0.29) is 10.6 Å². The number of rotatable bonds is 2. The van der Waals surface area contributed by atoms with Gasteiger partial charge in [-0.2, -0.15) is 0 Å². The van der Waals surface area contributed by atoms with Crippen molar-refractivity contribution < 1.29 is 13.2 Å². The molecule has 0 saturated carbocycles. The van der Waals surface area contributed by atoms with Gasteiger partial charge in [-0.3, -0.25) is 0 Å². The first-order valence-electron chi connectivity index (χ1n) is 3.51. The van der Waals surface area contributed by atoms with Gasteiger partial charge in [0.25, 0.3) is 6.43 Å². The van der Waals surface area contributed by atoms with E-state index in [1.54, 1.807) is 0 Å². The molecule has 72 valence electrons. The van der Waals surface area contributed by atoms with E-state index in [0.717, 1.165) is 6.07 Å². The molecule has 13 heavy (non-hydrogen) atoms. The highest BCUT2D eigenvalue weighted by molar-refractivity contribution is 6.31. The largest absolute Gasteiger partial charge is 0.319 e. The highest BCUT2D eigenvalue weighted by Gasteiger charge is 2.21. The molecule has 0 radical (unpaired) electrons. The molecule has 1 atom stereocenters. The van der Waals surface area contributed by atoms with E-state index >= 15 is 0 Å². The van der Waals surface area contributed by atoms with Gasteiger partial charge in [-0.15, -0.1) is 0 Å². The lowest BCUT2D eigenvalue weighted by Crippen LogP contribution is -2.19. The van der Waals surface area contributed by atoms with E-state index in [1.165, 1.54) is 12.1 Å². The summed E-state index contributed by atoms with van der Waals surface area (Å²) in [5.74, 6) is -0.740. The van der Waals surface area contributed by atoms with Crippen LogP contribution in [0.1, 0.15) is 11.6 Å². The lowest BCUT2D eigenvalue weighted by Gasteiger charge is -2.12. The SMILES string of the molecule is N[C@H](c1cccc(F)c1Cl)C(F)F. The molecule has 1 nitrogen and oxygen atoms in total. The Morgan fingerprint density at radius 3 is 2.46 bits per heavy atom. The highest BCUT2D eigenvalue weighted by Crippen LogP contribution is 2.27. The van der Waals surface area contributed by atoms with Gasteiger partial charge in [0.15, 0.2) is 0 Å². The fourth-order valence-corrected chi connectivity index (χ4v) is 1.17. The monoisotopic (exact) mass is 209 g/mol. The Kier molecular flexibility index (Phi) is 3.17. The predicted molar refractivity (Wildman–Crippen MR) is 44.3 cm³/mol. The predicted octanol–water partition coefficient (Wildman–Crippen LogP) is 2.74. The van der Waals surface area contributed by atoms with Crippen molar-refractivity contribution in [3.05, 3.63) is 34.6 Å². The third kappa shape index (κ3) is 2.14. The summed E-state index contributed by atoms with van der Waals surface area (Å²) in [6.07, 6.45) is -2.75. The second kappa shape index (κ2) is 3.98. The average Bonchev–Trinajstić information content (AvgIpc) is 2.08. The van der Waals surface area contributed by atoms with E-state index < -0.39 is 18.3 Å². The molecule has 0 bridgehead atoms. The first-order chi connectivity index (χ1) is 6.04. The minimum atomic E-state index is -2.75. The summed E-state index contributed by atoms with van der Waals surface area (Å²) in [5.41, 5.74) is 5.03. The van der Waals surface area contributed by atoms with E-state index in [0.29, 0.717) is 0 Å². The van der Waals surface area contributed by atoms with Gasteiger partial charge < -0.3 is 5.73 Å². The summed E-state index contributed by atoms with van der Waals surface area (Å²) in [6, 6.07) is 2.12. The number of halogens is 4. The topological polar surface area (TPSA) is 26.0 Å². The van der Waals surface area contributed by atoms with Crippen LogP contribution in [0.3, 0.4) is 0 Å². The van der Waals surface area contributed by atoms with Crippen LogP contribution in [0.15, 0.2) is 18.2 Å². The number of hydrogen-bond acceptors (Lipinski definition) is 1. The van der Waals surface area contributed by atoms with Crippen LogP contribution in [0.2, 0.25) is 5.02 Å². The van der Waals surface area contributed by atoms with Gasteiger partial charge in [0, 0.05) is 0 Å². The standard InChI is InChI=1S/C8H7ClF3N/c9-6-4(7(13)8(11)12)2-1-3-5(6)10/h1-3,7-8H,13H2/t7-/m1/s1. The van der Waals surface area contributed by atoms with Crippen LogP contribution < -0.4 is 5.73 Å². The van der Waals surface area contributed by atoms with Crippen molar-refractivity contribution in [2.45, 2.75) is 12.5 Å². The van der Waals surface area contributed by atoms with Gasteiger partial charge in [-0.25, -0.2) is 13.2 Å². The molecule has 0 aliphatic carbocycles. The first-order valence-corrected chi connectivity index (χ1v) is 3.89. The summed E-state index contributed by atoms with van der Waals surface area (Å²) in [4.78, 5) is 0. The maximum Gasteiger partial charge on any atom is 0.257 e. The van der Waals surface area contributed by atoms with Crippen molar-refractivity contribution in [1.29, 1.82) is 0 Å². The maximum atomic E-state index is 12.8. The van der Waals surface area contributed by atoms with Crippen molar-refractivity contribution in [1.82, 2.24) is 0 Å². The summed E-state index contributed by atoms with van der Waals surface area (Å²) in [7, 11) is 0. The minimum absolute atomic E-state index is 0.0725. The molecule has 0 fully saturated rings. The van der Waals surface area contributed by atoms with Crippen LogP contribution in [-0.2, 0) is 0 Å². The van der Waals surface area contributed by atoms with Crippen molar-refractivity contribution in [2.24, 2.45) is 5.73 Å². The smallest absolute Gasteiger partial charge is 0.257 e. The summed E-state index contributed by atoms with van der Waals surface area (Å²) >= 11 is 5.44. The van der Waals surface area contributed by atoms with Gasteiger partial charge in [0.05, 0.1) is 11.1 Å². The molecule has 1 aromatic rings. The zero-order valence-corrected chi connectivity index (χ0v) is 7.23. The van der Waals surface area contributed by atoms with Crippen LogP contribution >= 0.6 is 11.6 Å². The average molecular weight is 210 g/mol. The van der Waals surface area contributed by atoms with Crippen LogP contribution in [0, 0.1) is 5.82 Å². The summed E-state index contributed by atoms with van der Waals surface area (Å²) < 4.78 is 37.0. The summed E-state index contributed by atoms with van der Waals surface area (Å²) in [5, 5.41) is -0.338. The molecule has 0 aliphatic heterocycles. The third-order valence-corrected chi connectivity index (χ3v) is 2.01. The molecule has 0 unspecified atom stereocenters. The normalized spacial score (nSPS) is 13.4. The van der Waals surface area contributed by atoms with E-state index in [2.05, 4.69) is 0 Å². The molecular formula is C8H7ClF3N. The zero-order valence-electron chi connectivity index (χ0n) is 6.48. The Morgan fingerprint density at radius 1 is 1.31 bits per heavy atom. The highest BCUT2D eigenvalue weighted by atomic mass is 35.5.